The van der Waals surface area contributed by atoms with Gasteiger partial charge in [-0.05, 0) is 50.5 Å². The van der Waals surface area contributed by atoms with E-state index < -0.39 is 29.6 Å². The highest BCUT2D eigenvalue weighted by atomic mass is 32.1. The third-order valence-corrected chi connectivity index (χ3v) is 6.28. The molecule has 0 bridgehead atoms. The summed E-state index contributed by atoms with van der Waals surface area (Å²) in [4.78, 5) is 39.6. The van der Waals surface area contributed by atoms with Crippen LogP contribution in [-0.4, -0.2) is 60.4 Å². The number of rotatable bonds is 13. The average Bonchev–Trinajstić information content (AvgIpc) is 3.61. The summed E-state index contributed by atoms with van der Waals surface area (Å²) in [6.45, 7) is 5.57. The Bertz CT molecular complexity index is 1040. The van der Waals surface area contributed by atoms with Crippen LogP contribution >= 0.6 is 12.6 Å². The third-order valence-electron chi connectivity index (χ3n) is 6.13. The lowest BCUT2D eigenvalue weighted by Crippen LogP contribution is -2.57. The normalized spacial score (nSPS) is 19.9. The summed E-state index contributed by atoms with van der Waals surface area (Å²) in [6.07, 6.45) is 0.563. The molecule has 8 nitrogen and oxygen atoms in total. The van der Waals surface area contributed by atoms with Crippen LogP contribution in [0.2, 0.25) is 0 Å². The molecule has 1 fully saturated rings. The molecule has 1 heterocycles. The molecule has 2 aromatic rings. The zero-order valence-corrected chi connectivity index (χ0v) is 22.0. The number of carbonyl (C=O) groups is 3. The number of Topliss-reactive ketones (excluding diaryl/α,β-unsaturated/α-hetero) is 1. The minimum atomic E-state index is -0.900. The number of ether oxygens (including phenoxy) is 2. The standard InChI is InChI=1S/C27H35N3O5S/c1-17(28-18(2)36)25(32)30-23(15-20-10-12-21(34-4)13-11-20)26(33)29-22(24(31)27(3)16-35-27)14-19-8-6-5-7-9-19/h5-13,17-18,22-23,28,36H,14-16H2,1-4H3,(H,29,33)(H,30,32)/t17-,18?,22-,23-,27+/m0/s1. The summed E-state index contributed by atoms with van der Waals surface area (Å²) in [5.41, 5.74) is 0.849. The van der Waals surface area contributed by atoms with Gasteiger partial charge in [-0.25, -0.2) is 0 Å². The lowest BCUT2D eigenvalue weighted by molar-refractivity contribution is -0.133. The first-order valence-electron chi connectivity index (χ1n) is 12.0. The van der Waals surface area contributed by atoms with E-state index >= 15 is 0 Å². The van der Waals surface area contributed by atoms with E-state index in [1.165, 1.54) is 0 Å². The molecule has 1 saturated heterocycles. The number of carbonyl (C=O) groups excluding carboxylic acids is 3. The summed E-state index contributed by atoms with van der Waals surface area (Å²) in [5.74, 6) is -0.277. The minimum absolute atomic E-state index is 0.187. The van der Waals surface area contributed by atoms with Gasteiger partial charge in [0.1, 0.15) is 17.4 Å². The number of methoxy groups -OCH3 is 1. The van der Waals surface area contributed by atoms with Crippen molar-refractivity contribution in [1.29, 1.82) is 0 Å². The average molecular weight is 514 g/mol. The van der Waals surface area contributed by atoms with Gasteiger partial charge in [-0.1, -0.05) is 42.5 Å². The van der Waals surface area contributed by atoms with Gasteiger partial charge in [0, 0.05) is 11.8 Å². The fourth-order valence-corrected chi connectivity index (χ4v) is 4.11. The van der Waals surface area contributed by atoms with E-state index in [4.69, 9.17) is 9.47 Å². The van der Waals surface area contributed by atoms with E-state index in [0.717, 1.165) is 11.1 Å². The molecule has 1 unspecified atom stereocenters. The van der Waals surface area contributed by atoms with Gasteiger partial charge in [0.2, 0.25) is 11.8 Å². The van der Waals surface area contributed by atoms with Crippen LogP contribution < -0.4 is 20.7 Å². The second kappa shape index (κ2) is 12.4. The summed E-state index contributed by atoms with van der Waals surface area (Å²) in [7, 11) is 1.58. The molecule has 0 saturated carbocycles. The van der Waals surface area contributed by atoms with Crippen molar-refractivity contribution in [3.63, 3.8) is 0 Å². The van der Waals surface area contributed by atoms with Gasteiger partial charge in [0.25, 0.3) is 0 Å². The SMILES string of the molecule is COc1ccc(C[C@H](NC(=O)[C@H](C)NC(C)S)C(=O)N[C@@H](Cc2ccccc2)C(=O)[C@@]2(C)CO2)cc1. The van der Waals surface area contributed by atoms with Crippen molar-refractivity contribution in [2.24, 2.45) is 0 Å². The molecule has 3 rings (SSSR count). The first-order chi connectivity index (χ1) is 17.1. The number of nitrogens with one attached hydrogen (secondary N) is 3. The summed E-state index contributed by atoms with van der Waals surface area (Å²) < 4.78 is 10.6. The fraction of sp³-hybridized carbons (Fsp3) is 0.444. The van der Waals surface area contributed by atoms with Crippen LogP contribution in [0.15, 0.2) is 54.6 Å². The number of hydrogen-bond acceptors (Lipinski definition) is 7. The largest absolute Gasteiger partial charge is 0.497 e. The van der Waals surface area contributed by atoms with Crippen LogP contribution in [0.4, 0.5) is 0 Å². The highest BCUT2D eigenvalue weighted by Gasteiger charge is 2.50. The molecule has 194 valence electrons. The van der Waals surface area contributed by atoms with Crippen LogP contribution in [0.1, 0.15) is 31.9 Å². The molecule has 9 heteroatoms. The minimum Gasteiger partial charge on any atom is -0.497 e. The number of epoxide rings is 1. The quantitative estimate of drug-likeness (QED) is 0.186. The molecule has 5 atom stereocenters. The summed E-state index contributed by atoms with van der Waals surface area (Å²) in [5, 5.41) is 8.55. The van der Waals surface area contributed by atoms with E-state index in [0.29, 0.717) is 18.8 Å². The maximum absolute atomic E-state index is 13.5. The predicted molar refractivity (Wildman–Crippen MR) is 141 cm³/mol. The van der Waals surface area contributed by atoms with Crippen molar-refractivity contribution in [1.82, 2.24) is 16.0 Å². The topological polar surface area (TPSA) is 109 Å². The van der Waals surface area contributed by atoms with Crippen molar-refractivity contribution in [2.75, 3.05) is 13.7 Å². The van der Waals surface area contributed by atoms with E-state index in [1.807, 2.05) is 49.4 Å². The highest BCUT2D eigenvalue weighted by molar-refractivity contribution is 7.80. The molecular weight excluding hydrogens is 478 g/mol. The second-order valence-electron chi connectivity index (χ2n) is 9.31. The van der Waals surface area contributed by atoms with Crippen molar-refractivity contribution in [2.45, 2.75) is 62.7 Å². The summed E-state index contributed by atoms with van der Waals surface area (Å²) >= 11 is 4.28. The van der Waals surface area contributed by atoms with E-state index in [1.54, 1.807) is 33.1 Å². The summed E-state index contributed by atoms with van der Waals surface area (Å²) in [6, 6.07) is 14.5. The molecule has 1 aliphatic rings. The molecule has 2 aromatic carbocycles. The first-order valence-corrected chi connectivity index (χ1v) is 12.5. The molecule has 0 radical (unpaired) electrons. The lowest BCUT2D eigenvalue weighted by atomic mass is 9.94. The maximum atomic E-state index is 13.5. The van der Waals surface area contributed by atoms with E-state index in [2.05, 4.69) is 28.6 Å². The van der Waals surface area contributed by atoms with E-state index in [-0.39, 0.29) is 23.5 Å². The highest BCUT2D eigenvalue weighted by Crippen LogP contribution is 2.29. The van der Waals surface area contributed by atoms with Gasteiger partial charge in [0.15, 0.2) is 5.78 Å². The van der Waals surface area contributed by atoms with Gasteiger partial charge in [-0.3, -0.25) is 19.7 Å². The third kappa shape index (κ3) is 7.81. The van der Waals surface area contributed by atoms with Gasteiger partial charge >= 0.3 is 0 Å². The Morgan fingerprint density at radius 1 is 0.944 bits per heavy atom. The van der Waals surface area contributed by atoms with Gasteiger partial charge in [-0.2, -0.15) is 12.6 Å². The lowest BCUT2D eigenvalue weighted by Gasteiger charge is -2.25. The smallest absolute Gasteiger partial charge is 0.243 e. The maximum Gasteiger partial charge on any atom is 0.243 e. The first kappa shape index (κ1) is 27.7. The number of amides is 2. The Labute approximate surface area is 217 Å². The molecule has 36 heavy (non-hydrogen) atoms. The van der Waals surface area contributed by atoms with Crippen molar-refractivity contribution in [3.8, 4) is 5.75 Å². The van der Waals surface area contributed by atoms with Crippen LogP contribution in [-0.2, 0) is 32.0 Å². The molecular formula is C27H35N3O5S. The predicted octanol–water partition coefficient (Wildman–Crippen LogP) is 2.06. The molecule has 0 spiro atoms. The molecule has 1 aliphatic heterocycles. The molecule has 0 aliphatic carbocycles. The van der Waals surface area contributed by atoms with Gasteiger partial charge < -0.3 is 20.1 Å². The Balaban J connectivity index is 1.80. The van der Waals surface area contributed by atoms with Crippen LogP contribution in [0.3, 0.4) is 0 Å². The molecule has 2 amide bonds. The van der Waals surface area contributed by atoms with Gasteiger partial charge in [-0.15, -0.1) is 0 Å². The van der Waals surface area contributed by atoms with Crippen LogP contribution in [0.25, 0.3) is 0 Å². The van der Waals surface area contributed by atoms with Crippen molar-refractivity contribution < 1.29 is 23.9 Å². The monoisotopic (exact) mass is 513 g/mol. The van der Waals surface area contributed by atoms with Crippen molar-refractivity contribution >= 4 is 30.2 Å². The molecule has 0 aromatic heterocycles. The Hall–Kier alpha value is -2.88. The zero-order valence-electron chi connectivity index (χ0n) is 21.1. The number of benzene rings is 2. The number of thiol groups is 1. The Morgan fingerprint density at radius 3 is 2.06 bits per heavy atom. The zero-order chi connectivity index (χ0) is 26.3. The second-order valence-corrected chi connectivity index (χ2v) is 10.1. The Kier molecular flexibility index (Phi) is 9.53. The van der Waals surface area contributed by atoms with Crippen LogP contribution in [0.5, 0.6) is 5.75 Å². The van der Waals surface area contributed by atoms with E-state index in [9.17, 15) is 14.4 Å². The number of hydrogen-bond donors (Lipinski definition) is 4. The fourth-order valence-electron chi connectivity index (χ4n) is 3.89. The van der Waals surface area contributed by atoms with Gasteiger partial charge in [0.05, 0.1) is 25.8 Å². The molecule has 3 N–H and O–H groups in total. The van der Waals surface area contributed by atoms with Crippen LogP contribution in [0, 0.1) is 0 Å². The van der Waals surface area contributed by atoms with Crippen molar-refractivity contribution in [3.05, 3.63) is 65.7 Å². The number of ketones is 1. The Morgan fingerprint density at radius 2 is 1.50 bits per heavy atom.